The van der Waals surface area contributed by atoms with Crippen LogP contribution in [-0.2, 0) is 11.3 Å². The van der Waals surface area contributed by atoms with Gasteiger partial charge in [-0.25, -0.2) is 0 Å². The number of piperazine rings is 1. The van der Waals surface area contributed by atoms with Gasteiger partial charge in [0, 0.05) is 44.3 Å². The Balaban J connectivity index is 1.08. The Labute approximate surface area is 188 Å². The molecule has 1 unspecified atom stereocenters. The van der Waals surface area contributed by atoms with E-state index < -0.39 is 6.10 Å². The highest BCUT2D eigenvalue weighted by atomic mass is 35.5. The first-order chi connectivity index (χ1) is 15.2. The van der Waals surface area contributed by atoms with Crippen molar-refractivity contribution >= 4 is 11.6 Å². The van der Waals surface area contributed by atoms with Crippen molar-refractivity contribution in [3.8, 4) is 17.2 Å². The molecule has 1 N–H and O–H groups in total. The Hall–Kier alpha value is -2.03. The van der Waals surface area contributed by atoms with Crippen LogP contribution < -0.4 is 14.2 Å². The fourth-order valence-corrected chi connectivity index (χ4v) is 3.87. The first-order valence-corrected chi connectivity index (χ1v) is 11.0. The first kappa shape index (κ1) is 22.2. The van der Waals surface area contributed by atoms with Crippen molar-refractivity contribution < 1.29 is 24.1 Å². The van der Waals surface area contributed by atoms with Gasteiger partial charge >= 0.3 is 0 Å². The van der Waals surface area contributed by atoms with Gasteiger partial charge in [0.25, 0.3) is 0 Å². The second-order valence-corrected chi connectivity index (χ2v) is 8.23. The molecular weight excluding hydrogens is 420 g/mol. The largest absolute Gasteiger partial charge is 0.491 e. The van der Waals surface area contributed by atoms with Crippen molar-refractivity contribution in [3.05, 3.63) is 53.1 Å². The molecule has 7 nitrogen and oxygen atoms in total. The van der Waals surface area contributed by atoms with E-state index in [1.54, 1.807) is 12.1 Å². The number of hydrogen-bond donors (Lipinski definition) is 1. The summed E-state index contributed by atoms with van der Waals surface area (Å²) in [5.41, 5.74) is 1.23. The molecule has 0 aromatic heterocycles. The lowest BCUT2D eigenvalue weighted by Gasteiger charge is -2.35. The summed E-state index contributed by atoms with van der Waals surface area (Å²) in [4.78, 5) is 4.71. The molecule has 1 atom stereocenters. The Morgan fingerprint density at radius 3 is 2.48 bits per heavy atom. The summed E-state index contributed by atoms with van der Waals surface area (Å²) >= 11 is 5.85. The number of nitrogens with zero attached hydrogens (tertiary/aromatic N) is 2. The molecule has 4 rings (SSSR count). The van der Waals surface area contributed by atoms with Gasteiger partial charge in [0.05, 0.1) is 19.3 Å². The molecule has 2 aromatic carbocycles. The second kappa shape index (κ2) is 11.0. The zero-order valence-corrected chi connectivity index (χ0v) is 18.3. The number of aliphatic hydroxyl groups excluding tert-OH is 1. The van der Waals surface area contributed by atoms with Gasteiger partial charge in [0.2, 0.25) is 6.79 Å². The standard InChI is InChI=1S/C23H29ClN2O5/c24-19-2-4-21(5-3-19)29-12-11-28-16-20(27)15-26-9-7-25(8-10-26)14-18-1-6-22-23(13-18)31-17-30-22/h1-6,13,20,27H,7-12,14-17H2. The summed E-state index contributed by atoms with van der Waals surface area (Å²) < 4.78 is 22.0. The summed E-state index contributed by atoms with van der Waals surface area (Å²) in [5, 5.41) is 11.0. The molecule has 2 heterocycles. The second-order valence-electron chi connectivity index (χ2n) is 7.80. The van der Waals surface area contributed by atoms with E-state index >= 15 is 0 Å². The van der Waals surface area contributed by atoms with Crippen LogP contribution in [0, 0.1) is 0 Å². The van der Waals surface area contributed by atoms with E-state index in [0.29, 0.717) is 38.2 Å². The van der Waals surface area contributed by atoms with Gasteiger partial charge in [-0.1, -0.05) is 17.7 Å². The van der Waals surface area contributed by atoms with Gasteiger partial charge in [-0.05, 0) is 42.0 Å². The summed E-state index contributed by atoms with van der Waals surface area (Å²) in [6.45, 7) is 6.80. The van der Waals surface area contributed by atoms with E-state index in [-0.39, 0.29) is 0 Å². The van der Waals surface area contributed by atoms with E-state index in [0.717, 1.165) is 50.0 Å². The van der Waals surface area contributed by atoms with Crippen molar-refractivity contribution in [2.45, 2.75) is 12.6 Å². The van der Waals surface area contributed by atoms with Gasteiger partial charge in [0.15, 0.2) is 11.5 Å². The lowest BCUT2D eigenvalue weighted by molar-refractivity contribution is -0.000438. The molecule has 2 aliphatic rings. The topological polar surface area (TPSA) is 63.6 Å². The number of hydrogen-bond acceptors (Lipinski definition) is 7. The van der Waals surface area contributed by atoms with Crippen molar-refractivity contribution in [2.24, 2.45) is 0 Å². The van der Waals surface area contributed by atoms with Crippen LogP contribution in [0.2, 0.25) is 5.02 Å². The fraction of sp³-hybridized carbons (Fsp3) is 0.478. The molecular formula is C23H29ClN2O5. The number of ether oxygens (including phenoxy) is 4. The highest BCUT2D eigenvalue weighted by Gasteiger charge is 2.20. The number of rotatable bonds is 10. The van der Waals surface area contributed by atoms with Crippen molar-refractivity contribution in [2.75, 3.05) is 59.3 Å². The Kier molecular flexibility index (Phi) is 7.88. The zero-order valence-electron chi connectivity index (χ0n) is 17.5. The predicted molar refractivity (Wildman–Crippen MR) is 118 cm³/mol. The van der Waals surface area contributed by atoms with Crippen molar-refractivity contribution in [3.63, 3.8) is 0 Å². The fourth-order valence-electron chi connectivity index (χ4n) is 3.75. The number of halogens is 1. The highest BCUT2D eigenvalue weighted by molar-refractivity contribution is 6.30. The van der Waals surface area contributed by atoms with E-state index in [2.05, 4.69) is 21.9 Å². The number of fused-ring (bicyclic) bond motifs is 1. The normalized spacial score (nSPS) is 17.6. The maximum atomic E-state index is 10.3. The van der Waals surface area contributed by atoms with Crippen LogP contribution in [0.1, 0.15) is 5.56 Å². The van der Waals surface area contributed by atoms with Crippen LogP contribution in [0.25, 0.3) is 0 Å². The van der Waals surface area contributed by atoms with Gasteiger partial charge in [0.1, 0.15) is 12.4 Å². The smallest absolute Gasteiger partial charge is 0.231 e. The van der Waals surface area contributed by atoms with Crippen LogP contribution in [0.4, 0.5) is 0 Å². The molecule has 0 aliphatic carbocycles. The first-order valence-electron chi connectivity index (χ1n) is 10.6. The van der Waals surface area contributed by atoms with Crippen LogP contribution in [0.5, 0.6) is 17.2 Å². The molecule has 8 heteroatoms. The SMILES string of the molecule is OC(COCCOc1ccc(Cl)cc1)CN1CCN(Cc2ccc3c(c2)OCO3)CC1. The molecule has 1 saturated heterocycles. The molecule has 0 amide bonds. The average molecular weight is 449 g/mol. The predicted octanol–water partition coefficient (Wildman–Crippen LogP) is 2.64. The highest BCUT2D eigenvalue weighted by Crippen LogP contribution is 2.32. The third-order valence-electron chi connectivity index (χ3n) is 5.40. The van der Waals surface area contributed by atoms with Crippen molar-refractivity contribution in [1.82, 2.24) is 9.80 Å². The molecule has 2 aromatic rings. The van der Waals surface area contributed by atoms with Crippen LogP contribution in [0.3, 0.4) is 0 Å². The van der Waals surface area contributed by atoms with Crippen LogP contribution in [-0.4, -0.2) is 80.3 Å². The van der Waals surface area contributed by atoms with Gasteiger partial charge < -0.3 is 24.1 Å². The number of aliphatic hydroxyl groups is 1. The van der Waals surface area contributed by atoms with E-state index in [1.165, 1.54) is 5.56 Å². The van der Waals surface area contributed by atoms with E-state index in [1.807, 2.05) is 18.2 Å². The van der Waals surface area contributed by atoms with Crippen molar-refractivity contribution in [1.29, 1.82) is 0 Å². The molecule has 0 saturated carbocycles. The minimum absolute atomic E-state index is 0.304. The lowest BCUT2D eigenvalue weighted by Crippen LogP contribution is -2.48. The summed E-state index contributed by atoms with van der Waals surface area (Å²) in [6, 6.07) is 13.4. The Bertz CT molecular complexity index is 827. The molecule has 0 spiro atoms. The molecule has 0 radical (unpaired) electrons. The van der Waals surface area contributed by atoms with Gasteiger partial charge in [-0.2, -0.15) is 0 Å². The zero-order chi connectivity index (χ0) is 21.5. The maximum absolute atomic E-state index is 10.3. The molecule has 31 heavy (non-hydrogen) atoms. The number of β-amino-alcohol motifs (C(OH)–C–C–N with tert-alkyl or cyclic N) is 1. The Morgan fingerprint density at radius 2 is 1.68 bits per heavy atom. The monoisotopic (exact) mass is 448 g/mol. The summed E-state index contributed by atoms with van der Waals surface area (Å²) in [7, 11) is 0. The molecule has 2 aliphatic heterocycles. The van der Waals surface area contributed by atoms with Crippen LogP contribution >= 0.6 is 11.6 Å². The Morgan fingerprint density at radius 1 is 0.935 bits per heavy atom. The summed E-state index contributed by atoms with van der Waals surface area (Å²) in [5.74, 6) is 2.41. The lowest BCUT2D eigenvalue weighted by atomic mass is 10.1. The molecule has 168 valence electrons. The minimum atomic E-state index is -0.504. The minimum Gasteiger partial charge on any atom is -0.491 e. The van der Waals surface area contributed by atoms with E-state index in [4.69, 9.17) is 30.5 Å². The van der Waals surface area contributed by atoms with Gasteiger partial charge in [-0.3, -0.25) is 9.80 Å². The quantitative estimate of drug-likeness (QED) is 0.560. The van der Waals surface area contributed by atoms with E-state index in [9.17, 15) is 5.11 Å². The number of benzene rings is 2. The van der Waals surface area contributed by atoms with Crippen LogP contribution in [0.15, 0.2) is 42.5 Å². The summed E-state index contributed by atoms with van der Waals surface area (Å²) in [6.07, 6.45) is -0.504. The third kappa shape index (κ3) is 6.72. The molecule has 0 bridgehead atoms. The van der Waals surface area contributed by atoms with Gasteiger partial charge in [-0.15, -0.1) is 0 Å². The molecule has 1 fully saturated rings. The third-order valence-corrected chi connectivity index (χ3v) is 5.65. The average Bonchev–Trinajstić information content (AvgIpc) is 3.24. The maximum Gasteiger partial charge on any atom is 0.231 e.